The van der Waals surface area contributed by atoms with Gasteiger partial charge < -0.3 is 10.4 Å². The van der Waals surface area contributed by atoms with Crippen LogP contribution in [0.25, 0.3) is 0 Å². The molecule has 0 spiro atoms. The van der Waals surface area contributed by atoms with E-state index in [9.17, 15) is 18.0 Å². The predicted octanol–water partition coefficient (Wildman–Crippen LogP) is 3.47. The van der Waals surface area contributed by atoms with Gasteiger partial charge in [0.1, 0.15) is 0 Å². The maximum absolute atomic E-state index is 12.6. The van der Waals surface area contributed by atoms with Crippen LogP contribution in [0.2, 0.25) is 0 Å². The van der Waals surface area contributed by atoms with Crippen molar-refractivity contribution in [1.29, 1.82) is 0 Å². The summed E-state index contributed by atoms with van der Waals surface area (Å²) in [6, 6.07) is 2.57. The fourth-order valence-corrected chi connectivity index (χ4v) is 2.12. The van der Waals surface area contributed by atoms with E-state index in [4.69, 9.17) is 5.11 Å². The standard InChI is InChI=1S/C12H9F3N2O2S/c13-12(14,15)7-1-2-10(9(3-7)11(18)19)16-4-8-5-20-6-17-8/h1-3,5-6,16H,4H2,(H,18,19). The minimum atomic E-state index is -4.57. The zero-order valence-corrected chi connectivity index (χ0v) is 10.8. The van der Waals surface area contributed by atoms with Gasteiger partial charge in [-0.3, -0.25) is 0 Å². The van der Waals surface area contributed by atoms with Crippen LogP contribution < -0.4 is 5.32 Å². The van der Waals surface area contributed by atoms with Crippen molar-refractivity contribution in [2.75, 3.05) is 5.32 Å². The van der Waals surface area contributed by atoms with Gasteiger partial charge in [0, 0.05) is 11.1 Å². The predicted molar refractivity (Wildman–Crippen MR) is 67.8 cm³/mol. The molecule has 2 N–H and O–H groups in total. The molecule has 2 aromatic rings. The quantitative estimate of drug-likeness (QED) is 0.907. The summed E-state index contributed by atoms with van der Waals surface area (Å²) in [4.78, 5) is 15.0. The zero-order valence-electron chi connectivity index (χ0n) is 9.94. The molecule has 0 aliphatic rings. The number of carboxylic acids is 1. The highest BCUT2D eigenvalue weighted by molar-refractivity contribution is 7.07. The normalized spacial score (nSPS) is 11.3. The van der Waals surface area contributed by atoms with Crippen LogP contribution in [0.1, 0.15) is 21.6 Å². The van der Waals surface area contributed by atoms with Gasteiger partial charge in [0.15, 0.2) is 0 Å². The monoisotopic (exact) mass is 302 g/mol. The molecular formula is C12H9F3N2O2S. The molecule has 8 heteroatoms. The number of hydrogen-bond donors (Lipinski definition) is 2. The molecule has 0 unspecified atom stereocenters. The molecule has 0 fully saturated rings. The van der Waals surface area contributed by atoms with Crippen molar-refractivity contribution in [2.45, 2.75) is 12.7 Å². The number of halogens is 3. The van der Waals surface area contributed by atoms with E-state index in [1.807, 2.05) is 0 Å². The Morgan fingerprint density at radius 1 is 1.40 bits per heavy atom. The van der Waals surface area contributed by atoms with Crippen LogP contribution in [0, 0.1) is 0 Å². The maximum Gasteiger partial charge on any atom is 0.416 e. The number of benzene rings is 1. The van der Waals surface area contributed by atoms with Crippen molar-refractivity contribution >= 4 is 23.0 Å². The summed E-state index contributed by atoms with van der Waals surface area (Å²) in [6.07, 6.45) is -4.57. The van der Waals surface area contributed by atoms with E-state index >= 15 is 0 Å². The lowest BCUT2D eigenvalue weighted by atomic mass is 10.1. The number of nitrogens with one attached hydrogen (secondary N) is 1. The van der Waals surface area contributed by atoms with E-state index in [1.165, 1.54) is 11.3 Å². The average Bonchev–Trinajstić information content (AvgIpc) is 2.88. The molecule has 0 radical (unpaired) electrons. The second-order valence-corrected chi connectivity index (χ2v) is 4.62. The molecule has 1 aromatic carbocycles. The number of rotatable bonds is 4. The van der Waals surface area contributed by atoms with Gasteiger partial charge in [-0.1, -0.05) is 0 Å². The summed E-state index contributed by atoms with van der Waals surface area (Å²) in [5, 5.41) is 13.5. The minimum absolute atomic E-state index is 0.124. The number of aromatic nitrogens is 1. The summed E-state index contributed by atoms with van der Waals surface area (Å²) in [6.45, 7) is 0.245. The van der Waals surface area contributed by atoms with E-state index in [0.717, 1.165) is 12.1 Å². The molecule has 4 nitrogen and oxygen atoms in total. The molecule has 0 aliphatic carbocycles. The second-order valence-electron chi connectivity index (χ2n) is 3.90. The molecule has 0 saturated heterocycles. The van der Waals surface area contributed by atoms with Gasteiger partial charge in [-0.25, -0.2) is 9.78 Å². The zero-order chi connectivity index (χ0) is 14.8. The molecule has 0 aliphatic heterocycles. The van der Waals surface area contributed by atoms with E-state index < -0.39 is 23.3 Å². The molecular weight excluding hydrogens is 293 g/mol. The fraction of sp³-hybridized carbons (Fsp3) is 0.167. The van der Waals surface area contributed by atoms with Crippen molar-refractivity contribution in [3.63, 3.8) is 0 Å². The highest BCUT2D eigenvalue weighted by Crippen LogP contribution is 2.32. The molecule has 0 saturated carbocycles. The average molecular weight is 302 g/mol. The number of anilines is 1. The highest BCUT2D eigenvalue weighted by Gasteiger charge is 2.31. The van der Waals surface area contributed by atoms with Crippen molar-refractivity contribution in [2.24, 2.45) is 0 Å². The second kappa shape index (κ2) is 5.49. The largest absolute Gasteiger partial charge is 0.478 e. The Labute approximate surface area is 115 Å². The number of carboxylic acid groups (broad SMARTS) is 1. The topological polar surface area (TPSA) is 62.2 Å². The summed E-state index contributed by atoms with van der Waals surface area (Å²) >= 11 is 1.37. The first kappa shape index (κ1) is 14.3. The molecule has 0 atom stereocenters. The smallest absolute Gasteiger partial charge is 0.416 e. The van der Waals surface area contributed by atoms with Crippen LogP contribution in [-0.2, 0) is 12.7 Å². The van der Waals surface area contributed by atoms with Gasteiger partial charge in [0.2, 0.25) is 0 Å². The number of alkyl halides is 3. The molecule has 1 aromatic heterocycles. The van der Waals surface area contributed by atoms with E-state index in [0.29, 0.717) is 11.8 Å². The van der Waals surface area contributed by atoms with Gasteiger partial charge in [-0.15, -0.1) is 11.3 Å². The van der Waals surface area contributed by atoms with E-state index in [-0.39, 0.29) is 12.2 Å². The van der Waals surface area contributed by atoms with Crippen LogP contribution in [0.3, 0.4) is 0 Å². The molecule has 2 rings (SSSR count). The number of carbonyl (C=O) groups is 1. The Morgan fingerprint density at radius 2 is 2.15 bits per heavy atom. The first-order valence-corrected chi connectivity index (χ1v) is 6.37. The number of nitrogens with zero attached hydrogens (tertiary/aromatic N) is 1. The third-order valence-electron chi connectivity index (χ3n) is 2.52. The third kappa shape index (κ3) is 3.27. The minimum Gasteiger partial charge on any atom is -0.478 e. The van der Waals surface area contributed by atoms with Crippen LogP contribution in [0.5, 0.6) is 0 Å². The Hall–Kier alpha value is -2.09. The SMILES string of the molecule is O=C(O)c1cc(C(F)(F)F)ccc1NCc1cscn1. The van der Waals surface area contributed by atoms with Crippen LogP contribution >= 0.6 is 11.3 Å². The van der Waals surface area contributed by atoms with Crippen LogP contribution in [0.15, 0.2) is 29.1 Å². The van der Waals surface area contributed by atoms with Gasteiger partial charge in [-0.05, 0) is 18.2 Å². The number of hydrogen-bond acceptors (Lipinski definition) is 4. The number of thiazole rings is 1. The lowest BCUT2D eigenvalue weighted by Crippen LogP contribution is -2.11. The lowest BCUT2D eigenvalue weighted by Gasteiger charge is -2.12. The Balaban J connectivity index is 2.26. The third-order valence-corrected chi connectivity index (χ3v) is 3.16. The molecule has 20 heavy (non-hydrogen) atoms. The summed E-state index contributed by atoms with van der Waals surface area (Å²) < 4.78 is 37.7. The molecule has 106 valence electrons. The molecule has 0 bridgehead atoms. The summed E-state index contributed by atoms with van der Waals surface area (Å²) in [7, 11) is 0. The highest BCUT2D eigenvalue weighted by atomic mass is 32.1. The van der Waals surface area contributed by atoms with Gasteiger partial charge >= 0.3 is 12.1 Å². The van der Waals surface area contributed by atoms with Gasteiger partial charge in [0.25, 0.3) is 0 Å². The number of aromatic carboxylic acids is 1. The molecule has 1 heterocycles. The summed E-state index contributed by atoms with van der Waals surface area (Å²) in [5.74, 6) is -1.42. The van der Waals surface area contributed by atoms with Crippen LogP contribution in [0.4, 0.5) is 18.9 Å². The maximum atomic E-state index is 12.6. The molecule has 0 amide bonds. The first-order valence-electron chi connectivity index (χ1n) is 5.43. The van der Waals surface area contributed by atoms with E-state index in [2.05, 4.69) is 10.3 Å². The van der Waals surface area contributed by atoms with Crippen molar-refractivity contribution in [1.82, 2.24) is 4.98 Å². The first-order chi connectivity index (χ1) is 9.38. The van der Waals surface area contributed by atoms with Crippen molar-refractivity contribution < 1.29 is 23.1 Å². The Kier molecular flexibility index (Phi) is 3.93. The Morgan fingerprint density at radius 3 is 2.70 bits per heavy atom. The Bertz CT molecular complexity index is 612. The van der Waals surface area contributed by atoms with Crippen LogP contribution in [-0.4, -0.2) is 16.1 Å². The van der Waals surface area contributed by atoms with Gasteiger partial charge in [-0.2, -0.15) is 13.2 Å². The summed E-state index contributed by atoms with van der Waals surface area (Å²) in [5.41, 5.74) is 1.01. The van der Waals surface area contributed by atoms with E-state index in [1.54, 1.807) is 10.9 Å². The van der Waals surface area contributed by atoms with Crippen molar-refractivity contribution in [3.05, 3.63) is 45.9 Å². The van der Waals surface area contributed by atoms with Crippen molar-refractivity contribution in [3.8, 4) is 0 Å². The lowest BCUT2D eigenvalue weighted by molar-refractivity contribution is -0.137. The van der Waals surface area contributed by atoms with Gasteiger partial charge in [0.05, 0.1) is 28.9 Å². The fourth-order valence-electron chi connectivity index (χ4n) is 1.56.